The van der Waals surface area contributed by atoms with Crippen LogP contribution < -0.4 is 0 Å². The van der Waals surface area contributed by atoms with Gasteiger partial charge in [-0.05, 0) is 57.6 Å². The van der Waals surface area contributed by atoms with E-state index in [0.717, 1.165) is 20.7 Å². The van der Waals surface area contributed by atoms with E-state index in [1.807, 2.05) is 12.4 Å². The molecule has 1 unspecified atom stereocenters. The van der Waals surface area contributed by atoms with E-state index in [2.05, 4.69) is 83.1 Å². The van der Waals surface area contributed by atoms with Crippen molar-refractivity contribution in [3.63, 3.8) is 0 Å². The Kier molecular flexibility index (Phi) is 5.39. The second-order valence-electron chi connectivity index (χ2n) is 4.12. The molecule has 0 spiro atoms. The van der Waals surface area contributed by atoms with E-state index in [-0.39, 0.29) is 0 Å². The van der Waals surface area contributed by atoms with E-state index in [1.54, 1.807) is 0 Å². The SMILES string of the molecule is BrCC(Cc1cncc(Br)c1)c1ccc(Br)cc1. The highest BCUT2D eigenvalue weighted by Gasteiger charge is 2.11. The molecule has 1 atom stereocenters. The third-order valence-electron chi connectivity index (χ3n) is 2.77. The van der Waals surface area contributed by atoms with Crippen LogP contribution in [0.15, 0.2) is 51.7 Å². The summed E-state index contributed by atoms with van der Waals surface area (Å²) in [6, 6.07) is 10.6. The van der Waals surface area contributed by atoms with Gasteiger partial charge in [-0.15, -0.1) is 0 Å². The van der Waals surface area contributed by atoms with Crippen LogP contribution in [0.1, 0.15) is 17.0 Å². The predicted molar refractivity (Wildman–Crippen MR) is 86.3 cm³/mol. The van der Waals surface area contributed by atoms with Gasteiger partial charge in [-0.25, -0.2) is 0 Å². The van der Waals surface area contributed by atoms with Crippen molar-refractivity contribution in [1.82, 2.24) is 4.98 Å². The molecule has 2 rings (SSSR count). The summed E-state index contributed by atoms with van der Waals surface area (Å²) in [5.74, 6) is 0.467. The van der Waals surface area contributed by atoms with Crippen molar-refractivity contribution >= 4 is 47.8 Å². The number of benzene rings is 1. The third kappa shape index (κ3) is 3.90. The zero-order valence-electron chi connectivity index (χ0n) is 9.61. The lowest BCUT2D eigenvalue weighted by Gasteiger charge is -2.14. The van der Waals surface area contributed by atoms with Crippen LogP contribution in [-0.2, 0) is 6.42 Å². The topological polar surface area (TPSA) is 12.9 Å². The molecule has 0 N–H and O–H groups in total. The number of halogens is 3. The van der Waals surface area contributed by atoms with Crippen molar-refractivity contribution in [3.05, 3.63) is 62.8 Å². The molecule has 2 aromatic rings. The molecule has 0 bridgehead atoms. The predicted octanol–water partition coefficient (Wildman–Crippen LogP) is 5.33. The van der Waals surface area contributed by atoms with Crippen LogP contribution in [0.3, 0.4) is 0 Å². The van der Waals surface area contributed by atoms with E-state index >= 15 is 0 Å². The number of aromatic nitrogens is 1. The highest BCUT2D eigenvalue weighted by Crippen LogP contribution is 2.25. The average Bonchev–Trinajstić information content (AvgIpc) is 2.37. The summed E-state index contributed by atoms with van der Waals surface area (Å²) in [6.45, 7) is 0. The first-order chi connectivity index (χ1) is 8.69. The molecule has 0 aliphatic carbocycles. The zero-order chi connectivity index (χ0) is 13.0. The Bertz CT molecular complexity index is 511. The van der Waals surface area contributed by atoms with Gasteiger partial charge in [-0.1, -0.05) is 44.0 Å². The molecule has 0 aliphatic rings. The van der Waals surface area contributed by atoms with E-state index in [4.69, 9.17) is 0 Å². The molecular weight excluding hydrogens is 422 g/mol. The van der Waals surface area contributed by atoms with Gasteiger partial charge in [0.25, 0.3) is 0 Å². The molecule has 1 aromatic heterocycles. The molecule has 18 heavy (non-hydrogen) atoms. The van der Waals surface area contributed by atoms with Crippen molar-refractivity contribution in [3.8, 4) is 0 Å². The fraction of sp³-hybridized carbons (Fsp3) is 0.214. The first-order valence-corrected chi connectivity index (χ1v) is 8.30. The third-order valence-corrected chi connectivity index (χ3v) is 4.52. The van der Waals surface area contributed by atoms with E-state index < -0.39 is 0 Å². The monoisotopic (exact) mass is 431 g/mol. The maximum absolute atomic E-state index is 4.21. The summed E-state index contributed by atoms with van der Waals surface area (Å²) < 4.78 is 2.15. The van der Waals surface area contributed by atoms with Crippen molar-refractivity contribution in [2.45, 2.75) is 12.3 Å². The standard InChI is InChI=1S/C14H12Br3N/c15-7-12(11-1-3-13(16)4-2-11)5-10-6-14(17)9-18-8-10/h1-4,6,8-9,12H,5,7H2. The van der Waals surface area contributed by atoms with Gasteiger partial charge in [0.15, 0.2) is 0 Å². The molecule has 1 aromatic carbocycles. The van der Waals surface area contributed by atoms with Crippen LogP contribution in [-0.4, -0.2) is 10.3 Å². The van der Waals surface area contributed by atoms with Gasteiger partial charge in [-0.3, -0.25) is 4.98 Å². The fourth-order valence-corrected chi connectivity index (χ4v) is 3.13. The van der Waals surface area contributed by atoms with Crippen molar-refractivity contribution in [1.29, 1.82) is 0 Å². The van der Waals surface area contributed by atoms with Gasteiger partial charge in [0.05, 0.1) is 0 Å². The lowest BCUT2D eigenvalue weighted by molar-refractivity contribution is 0.771. The smallest absolute Gasteiger partial charge is 0.0410 e. The summed E-state index contributed by atoms with van der Waals surface area (Å²) >= 11 is 10.5. The minimum absolute atomic E-state index is 0.467. The van der Waals surface area contributed by atoms with Crippen molar-refractivity contribution in [2.75, 3.05) is 5.33 Å². The molecular formula is C14H12Br3N. The van der Waals surface area contributed by atoms with Crippen LogP contribution in [0.2, 0.25) is 0 Å². The number of pyridine rings is 1. The van der Waals surface area contributed by atoms with Crippen LogP contribution in [0.25, 0.3) is 0 Å². The Balaban J connectivity index is 2.17. The Hall–Kier alpha value is -0.190. The van der Waals surface area contributed by atoms with Crippen LogP contribution >= 0.6 is 47.8 Å². The van der Waals surface area contributed by atoms with Crippen molar-refractivity contribution < 1.29 is 0 Å². The summed E-state index contributed by atoms with van der Waals surface area (Å²) in [7, 11) is 0. The van der Waals surface area contributed by atoms with Crippen molar-refractivity contribution in [2.24, 2.45) is 0 Å². The molecule has 94 valence electrons. The van der Waals surface area contributed by atoms with Gasteiger partial charge in [0, 0.05) is 26.7 Å². The molecule has 0 radical (unpaired) electrons. The van der Waals surface area contributed by atoms with Gasteiger partial charge in [0.1, 0.15) is 0 Å². The molecule has 0 amide bonds. The lowest BCUT2D eigenvalue weighted by Crippen LogP contribution is -2.04. The second kappa shape index (κ2) is 6.83. The Morgan fingerprint density at radius 3 is 2.33 bits per heavy atom. The Morgan fingerprint density at radius 2 is 1.72 bits per heavy atom. The quantitative estimate of drug-likeness (QED) is 0.594. The lowest BCUT2D eigenvalue weighted by atomic mass is 9.94. The summed E-state index contributed by atoms with van der Waals surface area (Å²) in [5.41, 5.74) is 2.59. The van der Waals surface area contributed by atoms with Gasteiger partial charge >= 0.3 is 0 Å². The van der Waals surface area contributed by atoms with Crippen LogP contribution in [0.4, 0.5) is 0 Å². The highest BCUT2D eigenvalue weighted by molar-refractivity contribution is 9.10. The number of rotatable bonds is 4. The normalized spacial score (nSPS) is 12.4. The van der Waals surface area contributed by atoms with Crippen LogP contribution in [0.5, 0.6) is 0 Å². The molecule has 0 saturated carbocycles. The number of hydrogen-bond acceptors (Lipinski definition) is 1. The second-order valence-corrected chi connectivity index (χ2v) is 6.60. The summed E-state index contributed by atoms with van der Waals surface area (Å²) in [6.07, 6.45) is 4.73. The number of hydrogen-bond donors (Lipinski definition) is 0. The van der Waals surface area contributed by atoms with Gasteiger partial charge in [0.2, 0.25) is 0 Å². The number of alkyl halides is 1. The maximum atomic E-state index is 4.21. The molecule has 0 aliphatic heterocycles. The molecule has 1 heterocycles. The average molecular weight is 434 g/mol. The largest absolute Gasteiger partial charge is 0.263 e. The Morgan fingerprint density at radius 1 is 1.00 bits per heavy atom. The zero-order valence-corrected chi connectivity index (χ0v) is 14.4. The molecule has 0 saturated heterocycles. The fourth-order valence-electron chi connectivity index (χ4n) is 1.85. The van der Waals surface area contributed by atoms with Gasteiger partial charge < -0.3 is 0 Å². The van der Waals surface area contributed by atoms with Gasteiger partial charge in [-0.2, -0.15) is 0 Å². The summed E-state index contributed by atoms with van der Waals surface area (Å²) in [4.78, 5) is 4.21. The highest BCUT2D eigenvalue weighted by atomic mass is 79.9. The first kappa shape index (κ1) is 14.2. The molecule has 1 nitrogen and oxygen atoms in total. The minimum Gasteiger partial charge on any atom is -0.263 e. The van der Waals surface area contributed by atoms with E-state index in [0.29, 0.717) is 5.92 Å². The minimum atomic E-state index is 0.467. The number of nitrogens with zero attached hydrogens (tertiary/aromatic N) is 1. The maximum Gasteiger partial charge on any atom is 0.0410 e. The summed E-state index contributed by atoms with van der Waals surface area (Å²) in [5, 5.41) is 0.946. The molecule has 0 fully saturated rings. The van der Waals surface area contributed by atoms with E-state index in [1.165, 1.54) is 11.1 Å². The molecule has 4 heteroatoms. The van der Waals surface area contributed by atoms with Crippen LogP contribution in [0, 0.1) is 0 Å². The first-order valence-electron chi connectivity index (χ1n) is 5.60. The Labute approximate surface area is 132 Å². The van der Waals surface area contributed by atoms with E-state index in [9.17, 15) is 0 Å².